The summed E-state index contributed by atoms with van der Waals surface area (Å²) in [6.07, 6.45) is 10.2. The summed E-state index contributed by atoms with van der Waals surface area (Å²) in [5.74, 6) is 0.953. The summed E-state index contributed by atoms with van der Waals surface area (Å²) in [6.45, 7) is 1.90. The lowest BCUT2D eigenvalue weighted by molar-refractivity contribution is -0.123. The molecule has 1 saturated carbocycles. The first-order valence-electron chi connectivity index (χ1n) is 6.87. The van der Waals surface area contributed by atoms with E-state index in [0.29, 0.717) is 0 Å². The van der Waals surface area contributed by atoms with Gasteiger partial charge in [0.15, 0.2) is 0 Å². The maximum Gasteiger partial charge on any atom is 0.237 e. The topological polar surface area (TPSA) is 41.1 Å². The zero-order chi connectivity index (χ0) is 11.2. The molecule has 0 spiro atoms. The third-order valence-electron chi connectivity index (χ3n) is 3.92. The Labute approximate surface area is 98.4 Å². The predicted octanol–water partition coefficient (Wildman–Crippen LogP) is 1.82. The normalized spacial score (nSPS) is 27.6. The van der Waals surface area contributed by atoms with Gasteiger partial charge in [0.2, 0.25) is 5.91 Å². The van der Waals surface area contributed by atoms with Gasteiger partial charge in [-0.05, 0) is 38.1 Å². The van der Waals surface area contributed by atoms with Crippen molar-refractivity contribution in [3.05, 3.63) is 0 Å². The second-order valence-electron chi connectivity index (χ2n) is 5.25. The largest absolute Gasteiger partial charge is 0.354 e. The molecule has 1 aliphatic heterocycles. The van der Waals surface area contributed by atoms with Gasteiger partial charge < -0.3 is 10.6 Å². The van der Waals surface area contributed by atoms with E-state index in [2.05, 4.69) is 10.6 Å². The van der Waals surface area contributed by atoms with Gasteiger partial charge in [-0.15, -0.1) is 0 Å². The maximum atomic E-state index is 11.8. The lowest BCUT2D eigenvalue weighted by atomic mass is 10.0. The number of amides is 1. The molecule has 3 heteroatoms. The molecule has 0 bridgehead atoms. The van der Waals surface area contributed by atoms with Gasteiger partial charge in [0.05, 0.1) is 6.04 Å². The Morgan fingerprint density at radius 3 is 2.44 bits per heavy atom. The molecule has 1 amide bonds. The van der Waals surface area contributed by atoms with Crippen LogP contribution in [0, 0.1) is 5.92 Å². The van der Waals surface area contributed by atoms with Crippen LogP contribution in [0.5, 0.6) is 0 Å². The molecular formula is C13H24N2O. The van der Waals surface area contributed by atoms with Crippen LogP contribution >= 0.6 is 0 Å². The Kier molecular flexibility index (Phi) is 4.64. The molecule has 3 nitrogen and oxygen atoms in total. The summed E-state index contributed by atoms with van der Waals surface area (Å²) in [7, 11) is 0. The molecule has 0 aromatic rings. The van der Waals surface area contributed by atoms with Crippen molar-refractivity contribution in [1.29, 1.82) is 0 Å². The highest BCUT2D eigenvalue weighted by Gasteiger charge is 2.22. The van der Waals surface area contributed by atoms with E-state index in [1.807, 2.05) is 0 Å². The third-order valence-corrected chi connectivity index (χ3v) is 3.92. The molecule has 1 aliphatic carbocycles. The Morgan fingerprint density at radius 1 is 1.06 bits per heavy atom. The zero-order valence-electron chi connectivity index (χ0n) is 10.1. The fourth-order valence-corrected chi connectivity index (χ4v) is 2.84. The standard InChI is InChI=1S/C13H24N2O/c16-13(12-8-5-9-14-12)15-10-11-6-3-1-2-4-7-11/h11-12,14H,1-10H2,(H,15,16). The van der Waals surface area contributed by atoms with Gasteiger partial charge in [0, 0.05) is 6.54 Å². The van der Waals surface area contributed by atoms with Crippen LogP contribution in [0.2, 0.25) is 0 Å². The molecule has 1 atom stereocenters. The van der Waals surface area contributed by atoms with E-state index in [0.717, 1.165) is 31.8 Å². The summed E-state index contributed by atoms with van der Waals surface area (Å²) in [4.78, 5) is 11.8. The van der Waals surface area contributed by atoms with Crippen LogP contribution < -0.4 is 10.6 Å². The smallest absolute Gasteiger partial charge is 0.237 e. The van der Waals surface area contributed by atoms with Gasteiger partial charge >= 0.3 is 0 Å². The van der Waals surface area contributed by atoms with E-state index in [-0.39, 0.29) is 11.9 Å². The van der Waals surface area contributed by atoms with Crippen LogP contribution in [0.25, 0.3) is 0 Å². The lowest BCUT2D eigenvalue weighted by Crippen LogP contribution is -2.42. The molecule has 2 rings (SSSR count). The van der Waals surface area contributed by atoms with Crippen molar-refractivity contribution in [3.63, 3.8) is 0 Å². The number of hydrogen-bond acceptors (Lipinski definition) is 2. The van der Waals surface area contributed by atoms with Crippen molar-refractivity contribution in [2.24, 2.45) is 5.92 Å². The van der Waals surface area contributed by atoms with Gasteiger partial charge in [-0.1, -0.05) is 25.7 Å². The molecule has 92 valence electrons. The van der Waals surface area contributed by atoms with Crippen molar-refractivity contribution in [2.45, 2.75) is 57.4 Å². The van der Waals surface area contributed by atoms with Crippen LogP contribution in [0.4, 0.5) is 0 Å². The van der Waals surface area contributed by atoms with Gasteiger partial charge in [-0.25, -0.2) is 0 Å². The fourth-order valence-electron chi connectivity index (χ4n) is 2.84. The Bertz CT molecular complexity index is 216. The molecule has 1 saturated heterocycles. The van der Waals surface area contributed by atoms with Gasteiger partial charge in [0.1, 0.15) is 0 Å². The minimum atomic E-state index is 0.0887. The molecule has 1 unspecified atom stereocenters. The first-order valence-corrected chi connectivity index (χ1v) is 6.87. The molecule has 0 aromatic heterocycles. The number of carbonyl (C=O) groups excluding carboxylic acids is 1. The summed E-state index contributed by atoms with van der Waals surface area (Å²) in [6, 6.07) is 0.0887. The number of hydrogen-bond donors (Lipinski definition) is 2. The second kappa shape index (κ2) is 6.24. The highest BCUT2D eigenvalue weighted by atomic mass is 16.2. The SMILES string of the molecule is O=C(NCC1CCCCCC1)C1CCCN1. The monoisotopic (exact) mass is 224 g/mol. The Hall–Kier alpha value is -0.570. The molecule has 0 radical (unpaired) electrons. The van der Waals surface area contributed by atoms with Crippen molar-refractivity contribution in [2.75, 3.05) is 13.1 Å². The first kappa shape index (κ1) is 11.9. The molecule has 0 aromatic carbocycles. The van der Waals surface area contributed by atoms with Gasteiger partial charge in [-0.2, -0.15) is 0 Å². The summed E-state index contributed by atoms with van der Waals surface area (Å²) >= 11 is 0. The van der Waals surface area contributed by atoms with Crippen molar-refractivity contribution in [3.8, 4) is 0 Å². The molecule has 1 heterocycles. The van der Waals surface area contributed by atoms with Crippen molar-refractivity contribution in [1.82, 2.24) is 10.6 Å². The summed E-state index contributed by atoms with van der Waals surface area (Å²) < 4.78 is 0. The quantitative estimate of drug-likeness (QED) is 0.718. The summed E-state index contributed by atoms with van der Waals surface area (Å²) in [5.41, 5.74) is 0. The minimum Gasteiger partial charge on any atom is -0.354 e. The van der Waals surface area contributed by atoms with Crippen LogP contribution in [-0.4, -0.2) is 25.0 Å². The predicted molar refractivity (Wildman–Crippen MR) is 65.2 cm³/mol. The van der Waals surface area contributed by atoms with Crippen molar-refractivity contribution < 1.29 is 4.79 Å². The van der Waals surface area contributed by atoms with Crippen LogP contribution in [-0.2, 0) is 4.79 Å². The van der Waals surface area contributed by atoms with E-state index in [4.69, 9.17) is 0 Å². The van der Waals surface area contributed by atoms with E-state index in [1.165, 1.54) is 38.5 Å². The average Bonchev–Trinajstić information content (AvgIpc) is 2.71. The van der Waals surface area contributed by atoms with Gasteiger partial charge in [-0.3, -0.25) is 4.79 Å². The van der Waals surface area contributed by atoms with Crippen LogP contribution in [0.3, 0.4) is 0 Å². The van der Waals surface area contributed by atoms with Crippen LogP contribution in [0.1, 0.15) is 51.4 Å². The Balaban J connectivity index is 1.67. The molecule has 2 N–H and O–H groups in total. The average molecular weight is 224 g/mol. The van der Waals surface area contributed by atoms with E-state index in [9.17, 15) is 4.79 Å². The van der Waals surface area contributed by atoms with E-state index < -0.39 is 0 Å². The molecule has 2 aliphatic rings. The van der Waals surface area contributed by atoms with Gasteiger partial charge in [0.25, 0.3) is 0 Å². The molecular weight excluding hydrogens is 200 g/mol. The molecule has 2 fully saturated rings. The summed E-state index contributed by atoms with van der Waals surface area (Å²) in [5, 5.41) is 6.37. The fraction of sp³-hybridized carbons (Fsp3) is 0.923. The van der Waals surface area contributed by atoms with Crippen LogP contribution in [0.15, 0.2) is 0 Å². The molecule has 16 heavy (non-hydrogen) atoms. The number of rotatable bonds is 3. The highest BCUT2D eigenvalue weighted by molar-refractivity contribution is 5.81. The lowest BCUT2D eigenvalue weighted by Gasteiger charge is -2.17. The van der Waals surface area contributed by atoms with Crippen molar-refractivity contribution >= 4 is 5.91 Å². The minimum absolute atomic E-state index is 0.0887. The third kappa shape index (κ3) is 3.48. The zero-order valence-corrected chi connectivity index (χ0v) is 10.1. The van der Waals surface area contributed by atoms with E-state index >= 15 is 0 Å². The Morgan fingerprint density at radius 2 is 1.81 bits per heavy atom. The maximum absolute atomic E-state index is 11.8. The number of nitrogens with one attached hydrogen (secondary N) is 2. The first-order chi connectivity index (χ1) is 7.86. The highest BCUT2D eigenvalue weighted by Crippen LogP contribution is 2.22. The second-order valence-corrected chi connectivity index (χ2v) is 5.25. The number of carbonyl (C=O) groups is 1. The van der Waals surface area contributed by atoms with E-state index in [1.54, 1.807) is 0 Å².